The molecule has 0 aliphatic heterocycles. The predicted molar refractivity (Wildman–Crippen MR) is 55.2 cm³/mol. The lowest BCUT2D eigenvalue weighted by atomic mass is 10.1. The molecule has 0 radical (unpaired) electrons. The summed E-state index contributed by atoms with van der Waals surface area (Å²) in [4.78, 5) is 9.12. The molecule has 72 valence electrons. The third kappa shape index (κ3) is 1.81. The Morgan fingerprint density at radius 1 is 1.36 bits per heavy atom. The molecule has 2 heterocycles. The molecule has 0 spiro atoms. The smallest absolute Gasteiger partial charge is 0.119 e. The number of methoxy groups -OCH3 is 1. The van der Waals surface area contributed by atoms with Gasteiger partial charge in [-0.05, 0) is 11.4 Å². The van der Waals surface area contributed by atoms with Gasteiger partial charge in [0.25, 0.3) is 0 Å². The van der Waals surface area contributed by atoms with Gasteiger partial charge in [-0.2, -0.15) is 0 Å². The average Bonchev–Trinajstić information content (AvgIpc) is 2.74. The Morgan fingerprint density at radius 3 is 2.71 bits per heavy atom. The Bertz CT molecular complexity index is 374. The van der Waals surface area contributed by atoms with Gasteiger partial charge in [0.15, 0.2) is 0 Å². The third-order valence-electron chi connectivity index (χ3n) is 1.92. The molecule has 0 bridgehead atoms. The molecular formula is C10H10N2OS. The summed E-state index contributed by atoms with van der Waals surface area (Å²) in [5.41, 5.74) is 0.984. The number of hydrogen-bond donors (Lipinski definition) is 0. The van der Waals surface area contributed by atoms with E-state index in [4.69, 9.17) is 4.74 Å². The van der Waals surface area contributed by atoms with Gasteiger partial charge in [-0.15, -0.1) is 11.3 Å². The zero-order chi connectivity index (χ0) is 9.80. The molecule has 0 saturated carbocycles. The summed E-state index contributed by atoms with van der Waals surface area (Å²) in [7, 11) is 1.69. The first-order chi connectivity index (χ1) is 6.92. The molecule has 0 N–H and O–H groups in total. The van der Waals surface area contributed by atoms with Crippen LogP contribution >= 0.6 is 11.3 Å². The summed E-state index contributed by atoms with van der Waals surface area (Å²) in [6.07, 6.45) is 5.03. The zero-order valence-electron chi connectivity index (χ0n) is 7.75. The molecule has 0 aromatic carbocycles. The predicted octanol–water partition coefficient (Wildman–Crippen LogP) is 2.27. The van der Waals surface area contributed by atoms with Crippen molar-refractivity contribution in [2.45, 2.75) is 6.10 Å². The van der Waals surface area contributed by atoms with Crippen molar-refractivity contribution in [3.63, 3.8) is 0 Å². The highest BCUT2D eigenvalue weighted by molar-refractivity contribution is 7.10. The summed E-state index contributed by atoms with van der Waals surface area (Å²) >= 11 is 1.67. The van der Waals surface area contributed by atoms with Crippen LogP contribution in [0.25, 0.3) is 0 Å². The van der Waals surface area contributed by atoms with Crippen molar-refractivity contribution in [1.82, 2.24) is 9.97 Å². The van der Waals surface area contributed by atoms with Gasteiger partial charge in [0.05, 0.1) is 0 Å². The molecule has 0 amide bonds. The van der Waals surface area contributed by atoms with Gasteiger partial charge in [-0.25, -0.2) is 9.97 Å². The number of nitrogens with zero attached hydrogens (tertiary/aromatic N) is 2. The minimum atomic E-state index is -0.0452. The lowest BCUT2D eigenvalue weighted by Gasteiger charge is -2.12. The minimum absolute atomic E-state index is 0.0452. The monoisotopic (exact) mass is 206 g/mol. The van der Waals surface area contributed by atoms with Crippen molar-refractivity contribution in [1.29, 1.82) is 0 Å². The molecule has 14 heavy (non-hydrogen) atoms. The van der Waals surface area contributed by atoms with Crippen LogP contribution in [0.4, 0.5) is 0 Å². The number of rotatable bonds is 3. The highest BCUT2D eigenvalue weighted by Crippen LogP contribution is 2.27. The molecular weight excluding hydrogens is 196 g/mol. The van der Waals surface area contributed by atoms with Crippen molar-refractivity contribution >= 4 is 11.3 Å². The lowest BCUT2D eigenvalue weighted by Crippen LogP contribution is -2.02. The molecule has 4 heteroatoms. The highest BCUT2D eigenvalue weighted by Gasteiger charge is 2.14. The van der Waals surface area contributed by atoms with E-state index in [2.05, 4.69) is 9.97 Å². The van der Waals surface area contributed by atoms with Gasteiger partial charge >= 0.3 is 0 Å². The van der Waals surface area contributed by atoms with Gasteiger partial charge in [-0.3, -0.25) is 0 Å². The van der Waals surface area contributed by atoms with Crippen LogP contribution in [0.5, 0.6) is 0 Å². The quantitative estimate of drug-likeness (QED) is 0.772. The first kappa shape index (κ1) is 9.30. The first-order valence-corrected chi connectivity index (χ1v) is 5.11. The Labute approximate surface area is 86.4 Å². The second-order valence-electron chi connectivity index (χ2n) is 2.80. The van der Waals surface area contributed by atoms with Crippen LogP contribution in [0.1, 0.15) is 16.5 Å². The Morgan fingerprint density at radius 2 is 2.14 bits per heavy atom. The molecule has 2 aromatic rings. The zero-order valence-corrected chi connectivity index (χ0v) is 8.57. The van der Waals surface area contributed by atoms with Gasteiger partial charge in [0.2, 0.25) is 0 Å². The average molecular weight is 206 g/mol. The first-order valence-electron chi connectivity index (χ1n) is 4.23. The van der Waals surface area contributed by atoms with Crippen molar-refractivity contribution in [2.75, 3.05) is 7.11 Å². The Balaban J connectivity index is 2.31. The van der Waals surface area contributed by atoms with E-state index in [1.165, 1.54) is 11.2 Å². The topological polar surface area (TPSA) is 35.0 Å². The van der Waals surface area contributed by atoms with E-state index in [-0.39, 0.29) is 6.10 Å². The van der Waals surface area contributed by atoms with E-state index >= 15 is 0 Å². The molecule has 2 aromatic heterocycles. The second kappa shape index (κ2) is 4.30. The molecule has 0 fully saturated rings. The molecule has 0 aliphatic carbocycles. The maximum absolute atomic E-state index is 5.41. The van der Waals surface area contributed by atoms with Crippen LogP contribution in [0, 0.1) is 0 Å². The molecule has 1 unspecified atom stereocenters. The van der Waals surface area contributed by atoms with Crippen LogP contribution in [-0.2, 0) is 4.74 Å². The normalized spacial score (nSPS) is 12.6. The highest BCUT2D eigenvalue weighted by atomic mass is 32.1. The standard InChI is InChI=1S/C10H10N2OS/c1-13-10(9-3-2-4-14-9)8-5-11-7-12-6-8/h2-7,10H,1H3. The van der Waals surface area contributed by atoms with Gasteiger partial charge in [0.1, 0.15) is 12.4 Å². The van der Waals surface area contributed by atoms with Gasteiger partial charge in [-0.1, -0.05) is 6.07 Å². The summed E-state index contributed by atoms with van der Waals surface area (Å²) in [5.74, 6) is 0. The van der Waals surface area contributed by atoms with E-state index in [0.717, 1.165) is 5.56 Å². The fraction of sp³-hybridized carbons (Fsp3) is 0.200. The van der Waals surface area contributed by atoms with Crippen molar-refractivity contribution in [3.8, 4) is 0 Å². The van der Waals surface area contributed by atoms with Crippen molar-refractivity contribution in [3.05, 3.63) is 46.7 Å². The SMILES string of the molecule is COC(c1cncnc1)c1cccs1. The maximum Gasteiger partial charge on any atom is 0.119 e. The van der Waals surface area contributed by atoms with Crippen LogP contribution in [0.2, 0.25) is 0 Å². The number of hydrogen-bond acceptors (Lipinski definition) is 4. The van der Waals surface area contributed by atoms with E-state index < -0.39 is 0 Å². The van der Waals surface area contributed by atoms with Gasteiger partial charge in [0, 0.05) is 29.9 Å². The fourth-order valence-electron chi connectivity index (χ4n) is 1.30. The van der Waals surface area contributed by atoms with E-state index in [9.17, 15) is 0 Å². The van der Waals surface area contributed by atoms with Crippen LogP contribution < -0.4 is 0 Å². The molecule has 0 saturated heterocycles. The van der Waals surface area contributed by atoms with E-state index in [1.807, 2.05) is 17.5 Å². The lowest BCUT2D eigenvalue weighted by molar-refractivity contribution is 0.138. The van der Waals surface area contributed by atoms with Crippen LogP contribution in [0.15, 0.2) is 36.2 Å². The van der Waals surface area contributed by atoms with Crippen molar-refractivity contribution < 1.29 is 4.74 Å². The fourth-order valence-corrected chi connectivity index (χ4v) is 2.13. The van der Waals surface area contributed by atoms with Crippen molar-refractivity contribution in [2.24, 2.45) is 0 Å². The Kier molecular flexibility index (Phi) is 2.86. The third-order valence-corrected chi connectivity index (χ3v) is 2.84. The number of aromatic nitrogens is 2. The van der Waals surface area contributed by atoms with E-state index in [0.29, 0.717) is 0 Å². The molecule has 0 aliphatic rings. The Hall–Kier alpha value is -1.26. The summed E-state index contributed by atoms with van der Waals surface area (Å²) in [5, 5.41) is 2.03. The second-order valence-corrected chi connectivity index (χ2v) is 3.78. The molecule has 3 nitrogen and oxygen atoms in total. The molecule has 1 atom stereocenters. The summed E-state index contributed by atoms with van der Waals surface area (Å²) < 4.78 is 5.41. The number of thiophene rings is 1. The van der Waals surface area contributed by atoms with Gasteiger partial charge < -0.3 is 4.74 Å². The molecule has 2 rings (SSSR count). The minimum Gasteiger partial charge on any atom is -0.371 e. The number of ether oxygens (including phenoxy) is 1. The summed E-state index contributed by atoms with van der Waals surface area (Å²) in [6, 6.07) is 4.06. The summed E-state index contributed by atoms with van der Waals surface area (Å²) in [6.45, 7) is 0. The van der Waals surface area contributed by atoms with E-state index in [1.54, 1.807) is 30.8 Å². The van der Waals surface area contributed by atoms with Crippen LogP contribution in [-0.4, -0.2) is 17.1 Å². The van der Waals surface area contributed by atoms with Crippen LogP contribution in [0.3, 0.4) is 0 Å². The largest absolute Gasteiger partial charge is 0.371 e. The maximum atomic E-state index is 5.41.